The summed E-state index contributed by atoms with van der Waals surface area (Å²) in [7, 11) is 0. The molecular weight excluding hydrogens is 325 g/mol. The van der Waals surface area contributed by atoms with Crippen molar-refractivity contribution in [3.8, 4) is 0 Å². The first-order valence-corrected chi connectivity index (χ1v) is 8.58. The molecule has 8 heteroatoms. The fourth-order valence-electron chi connectivity index (χ4n) is 4.62. The summed E-state index contributed by atoms with van der Waals surface area (Å²) in [5, 5.41) is 12.3. The second-order valence-corrected chi connectivity index (χ2v) is 7.47. The van der Waals surface area contributed by atoms with E-state index in [1.54, 1.807) is 0 Å². The molecule has 136 valence electrons. The van der Waals surface area contributed by atoms with Gasteiger partial charge >= 0.3 is 18.2 Å². The number of alkyl halides is 3. The van der Waals surface area contributed by atoms with Crippen molar-refractivity contribution in [2.75, 3.05) is 13.1 Å². The van der Waals surface area contributed by atoms with Gasteiger partial charge < -0.3 is 15.3 Å². The minimum atomic E-state index is -4.16. The monoisotopic (exact) mass is 348 g/mol. The fourth-order valence-corrected chi connectivity index (χ4v) is 4.62. The molecule has 1 saturated heterocycles. The van der Waals surface area contributed by atoms with E-state index in [1.165, 1.54) is 4.90 Å². The maximum Gasteiger partial charge on any atom is 0.391 e. The highest BCUT2D eigenvalue weighted by molar-refractivity contribution is 5.80. The minimum Gasteiger partial charge on any atom is -0.481 e. The van der Waals surface area contributed by atoms with Gasteiger partial charge in [0.2, 0.25) is 0 Å². The topological polar surface area (TPSA) is 69.6 Å². The number of rotatable bonds is 2. The number of amides is 2. The average molecular weight is 348 g/mol. The molecule has 0 bridgehead atoms. The van der Waals surface area contributed by atoms with Crippen LogP contribution in [0.4, 0.5) is 18.0 Å². The van der Waals surface area contributed by atoms with Gasteiger partial charge in [-0.25, -0.2) is 4.79 Å². The van der Waals surface area contributed by atoms with Gasteiger partial charge in [0.15, 0.2) is 0 Å². The van der Waals surface area contributed by atoms with Gasteiger partial charge in [0.05, 0.1) is 11.3 Å². The highest BCUT2D eigenvalue weighted by atomic mass is 19.4. The van der Waals surface area contributed by atoms with E-state index in [0.29, 0.717) is 25.8 Å². The Morgan fingerprint density at radius 3 is 2.33 bits per heavy atom. The number of fused-ring (bicyclic) bond motifs is 1. The first-order valence-electron chi connectivity index (χ1n) is 8.58. The predicted octanol–water partition coefficient (Wildman–Crippen LogP) is 3.00. The number of carbonyl (C=O) groups is 2. The average Bonchev–Trinajstić information content (AvgIpc) is 3.04. The van der Waals surface area contributed by atoms with E-state index in [9.17, 15) is 27.9 Å². The van der Waals surface area contributed by atoms with Gasteiger partial charge in [0, 0.05) is 19.1 Å². The van der Waals surface area contributed by atoms with Gasteiger partial charge in [-0.05, 0) is 44.4 Å². The Morgan fingerprint density at radius 1 is 1.12 bits per heavy atom. The molecule has 3 aliphatic rings. The summed E-state index contributed by atoms with van der Waals surface area (Å²) in [6, 6.07) is -0.585. The molecule has 0 spiro atoms. The van der Waals surface area contributed by atoms with Crippen LogP contribution in [0, 0.1) is 17.3 Å². The molecule has 0 unspecified atom stereocenters. The molecule has 2 N–H and O–H groups in total. The van der Waals surface area contributed by atoms with Crippen molar-refractivity contribution < 1.29 is 27.9 Å². The first kappa shape index (κ1) is 17.4. The van der Waals surface area contributed by atoms with Crippen molar-refractivity contribution in [1.82, 2.24) is 10.2 Å². The minimum absolute atomic E-state index is 0.0123. The summed E-state index contributed by atoms with van der Waals surface area (Å²) in [6.07, 6.45) is -1.18. The van der Waals surface area contributed by atoms with Crippen LogP contribution >= 0.6 is 0 Å². The van der Waals surface area contributed by atoms with E-state index in [1.807, 2.05) is 0 Å². The normalized spacial score (nSPS) is 36.5. The second kappa shape index (κ2) is 6.11. The van der Waals surface area contributed by atoms with E-state index in [2.05, 4.69) is 5.32 Å². The van der Waals surface area contributed by atoms with Crippen molar-refractivity contribution in [2.24, 2.45) is 17.3 Å². The molecule has 0 radical (unpaired) electrons. The van der Waals surface area contributed by atoms with Crippen LogP contribution in [0.1, 0.15) is 44.9 Å². The van der Waals surface area contributed by atoms with Crippen LogP contribution in [0.5, 0.6) is 0 Å². The molecule has 2 aliphatic carbocycles. The van der Waals surface area contributed by atoms with Gasteiger partial charge in [-0.1, -0.05) is 6.42 Å². The van der Waals surface area contributed by atoms with Crippen molar-refractivity contribution in [1.29, 1.82) is 0 Å². The van der Waals surface area contributed by atoms with Crippen LogP contribution in [0.2, 0.25) is 0 Å². The van der Waals surface area contributed by atoms with Gasteiger partial charge in [0.25, 0.3) is 0 Å². The number of hydrogen-bond donors (Lipinski definition) is 2. The number of hydrogen-bond acceptors (Lipinski definition) is 2. The zero-order valence-electron chi connectivity index (χ0n) is 13.4. The lowest BCUT2D eigenvalue weighted by atomic mass is 9.81. The van der Waals surface area contributed by atoms with Crippen molar-refractivity contribution >= 4 is 12.0 Å². The van der Waals surface area contributed by atoms with Crippen LogP contribution in [-0.2, 0) is 4.79 Å². The van der Waals surface area contributed by atoms with Gasteiger partial charge in [-0.2, -0.15) is 13.2 Å². The summed E-state index contributed by atoms with van der Waals surface area (Å²) in [6.45, 7) is 0.632. The molecule has 0 aromatic heterocycles. The molecule has 5 nitrogen and oxygen atoms in total. The second-order valence-electron chi connectivity index (χ2n) is 7.47. The molecule has 2 saturated carbocycles. The summed E-state index contributed by atoms with van der Waals surface area (Å²) in [5.74, 6) is -2.13. The number of carbonyl (C=O) groups excluding carboxylic acids is 1. The molecule has 0 aromatic rings. The predicted molar refractivity (Wildman–Crippen MR) is 79.3 cm³/mol. The molecule has 1 aliphatic heterocycles. The Bertz CT molecular complexity index is 517. The SMILES string of the molecule is O=C(NC1CCC(C(F)(F)F)CC1)N1C[C@@H]2CCC[C@@]2(C(=O)O)C1. The Hall–Kier alpha value is -1.47. The molecular formula is C16H23F3N2O3. The van der Waals surface area contributed by atoms with Gasteiger partial charge in [-0.3, -0.25) is 4.79 Å². The number of halogens is 3. The standard InChI is InChI=1S/C16H23F3N2O3/c17-16(18,19)10-3-5-12(6-4-10)20-14(24)21-8-11-2-1-7-15(11,9-21)13(22)23/h10-12H,1-9H2,(H,20,24)(H,22,23)/t10?,11-,12?,15+/m0/s1. The number of urea groups is 1. The number of carboxylic acids is 1. The summed E-state index contributed by atoms with van der Waals surface area (Å²) >= 11 is 0. The first-order chi connectivity index (χ1) is 11.2. The van der Waals surface area contributed by atoms with Crippen LogP contribution in [-0.4, -0.2) is 47.3 Å². The maximum atomic E-state index is 12.7. The maximum absolute atomic E-state index is 12.7. The van der Waals surface area contributed by atoms with E-state index >= 15 is 0 Å². The third-order valence-electron chi connectivity index (χ3n) is 6.10. The molecule has 24 heavy (non-hydrogen) atoms. The summed E-state index contributed by atoms with van der Waals surface area (Å²) in [4.78, 5) is 25.6. The fraction of sp³-hybridized carbons (Fsp3) is 0.875. The zero-order valence-corrected chi connectivity index (χ0v) is 13.4. The Balaban J connectivity index is 1.53. The van der Waals surface area contributed by atoms with Crippen molar-refractivity contribution in [2.45, 2.75) is 57.2 Å². The Kier molecular flexibility index (Phi) is 4.42. The van der Waals surface area contributed by atoms with Crippen LogP contribution < -0.4 is 5.32 Å². The lowest BCUT2D eigenvalue weighted by Crippen LogP contribution is -2.47. The summed E-state index contributed by atoms with van der Waals surface area (Å²) < 4.78 is 38.0. The summed E-state index contributed by atoms with van der Waals surface area (Å²) in [5.41, 5.74) is -0.828. The Morgan fingerprint density at radius 2 is 1.79 bits per heavy atom. The van der Waals surface area contributed by atoms with Crippen LogP contribution in [0.15, 0.2) is 0 Å². The van der Waals surface area contributed by atoms with E-state index < -0.39 is 23.5 Å². The molecule has 3 fully saturated rings. The third kappa shape index (κ3) is 3.07. The number of aliphatic carboxylic acids is 1. The molecule has 1 heterocycles. The number of nitrogens with zero attached hydrogens (tertiary/aromatic N) is 1. The number of likely N-dealkylation sites (tertiary alicyclic amines) is 1. The number of nitrogens with one attached hydrogen (secondary N) is 1. The smallest absolute Gasteiger partial charge is 0.391 e. The van der Waals surface area contributed by atoms with E-state index in [4.69, 9.17) is 0 Å². The lowest BCUT2D eigenvalue weighted by molar-refractivity contribution is -0.182. The zero-order chi connectivity index (χ0) is 17.5. The lowest BCUT2D eigenvalue weighted by Gasteiger charge is -2.31. The highest BCUT2D eigenvalue weighted by Gasteiger charge is 2.56. The van der Waals surface area contributed by atoms with Crippen molar-refractivity contribution in [3.05, 3.63) is 0 Å². The molecule has 2 atom stereocenters. The third-order valence-corrected chi connectivity index (χ3v) is 6.10. The largest absolute Gasteiger partial charge is 0.481 e. The molecule has 2 amide bonds. The highest BCUT2D eigenvalue weighted by Crippen LogP contribution is 2.49. The van der Waals surface area contributed by atoms with E-state index in [-0.39, 0.29) is 37.4 Å². The molecule has 3 rings (SSSR count). The molecule has 0 aromatic carbocycles. The van der Waals surface area contributed by atoms with Crippen molar-refractivity contribution in [3.63, 3.8) is 0 Å². The Labute approximate surface area is 138 Å². The van der Waals surface area contributed by atoms with E-state index in [0.717, 1.165) is 12.8 Å². The van der Waals surface area contributed by atoms with Gasteiger partial charge in [0.1, 0.15) is 0 Å². The van der Waals surface area contributed by atoms with Crippen LogP contribution in [0.3, 0.4) is 0 Å². The number of carboxylic acid groups (broad SMARTS) is 1. The van der Waals surface area contributed by atoms with Gasteiger partial charge in [-0.15, -0.1) is 0 Å². The van der Waals surface area contributed by atoms with Crippen LogP contribution in [0.25, 0.3) is 0 Å². The quantitative estimate of drug-likeness (QED) is 0.806.